The lowest BCUT2D eigenvalue weighted by Gasteiger charge is -1.98. The third-order valence-corrected chi connectivity index (χ3v) is 0.767. The molecule has 0 aromatic rings. The van der Waals surface area contributed by atoms with Crippen molar-refractivity contribution in [1.82, 2.24) is 5.48 Å². The molecule has 0 fully saturated rings. The molecule has 0 atom stereocenters. The molecule has 2 N–H and O–H groups in total. The average Bonchev–Trinajstić information content (AvgIpc) is 1.81. The Morgan fingerprint density at radius 3 is 2.88 bits per heavy atom. The molecule has 0 saturated carbocycles. The summed E-state index contributed by atoms with van der Waals surface area (Å²) < 4.78 is 0. The lowest BCUT2D eigenvalue weighted by molar-refractivity contribution is -0.00599. The highest BCUT2D eigenvalue weighted by Gasteiger charge is 1.81. The number of rotatable bonds is 5. The summed E-state index contributed by atoms with van der Waals surface area (Å²) in [5, 5.41) is 8.13. The number of hydroxylamine groups is 1. The van der Waals surface area contributed by atoms with Gasteiger partial charge in [0.15, 0.2) is 0 Å². The van der Waals surface area contributed by atoms with Gasteiger partial charge in [-0.05, 0) is 6.42 Å². The molecular weight excluding hydrogens is 106 g/mol. The van der Waals surface area contributed by atoms with E-state index in [1.54, 1.807) is 0 Å². The van der Waals surface area contributed by atoms with E-state index in [1.807, 2.05) is 0 Å². The van der Waals surface area contributed by atoms with Crippen molar-refractivity contribution in [2.45, 2.75) is 19.8 Å². The van der Waals surface area contributed by atoms with Gasteiger partial charge >= 0.3 is 0 Å². The van der Waals surface area contributed by atoms with Gasteiger partial charge in [0.05, 0.1) is 6.61 Å². The van der Waals surface area contributed by atoms with Crippen LogP contribution in [-0.4, -0.2) is 18.4 Å². The van der Waals surface area contributed by atoms with Gasteiger partial charge in [0.2, 0.25) is 0 Å². The molecule has 0 amide bonds. The molecule has 50 valence electrons. The largest absolute Gasteiger partial charge is 0.379 e. The van der Waals surface area contributed by atoms with Crippen molar-refractivity contribution in [3.63, 3.8) is 0 Å². The van der Waals surface area contributed by atoms with Crippen LogP contribution in [0.2, 0.25) is 0 Å². The first kappa shape index (κ1) is 7.88. The summed E-state index contributed by atoms with van der Waals surface area (Å²) >= 11 is 0. The quantitative estimate of drug-likeness (QED) is 0.310. The van der Waals surface area contributed by atoms with Gasteiger partial charge in [-0.3, -0.25) is 4.84 Å². The Labute approximate surface area is 49.6 Å². The van der Waals surface area contributed by atoms with Gasteiger partial charge in [-0.25, -0.2) is 0 Å². The van der Waals surface area contributed by atoms with Crippen LogP contribution in [0, 0.1) is 0 Å². The smallest absolute Gasteiger partial charge is 0.116 e. The second kappa shape index (κ2) is 6.88. The van der Waals surface area contributed by atoms with Crippen LogP contribution >= 0.6 is 0 Å². The van der Waals surface area contributed by atoms with Crippen LogP contribution in [0.15, 0.2) is 0 Å². The van der Waals surface area contributed by atoms with E-state index in [-0.39, 0.29) is 6.73 Å². The molecule has 0 unspecified atom stereocenters. The van der Waals surface area contributed by atoms with Crippen LogP contribution in [0.3, 0.4) is 0 Å². The number of aliphatic hydroxyl groups excluding tert-OH is 1. The summed E-state index contributed by atoms with van der Waals surface area (Å²) in [7, 11) is 0. The standard InChI is InChI=1S/C5H13NO2/c1-2-3-4-8-6-5-7/h6-7H,2-5H2,1H3. The van der Waals surface area contributed by atoms with E-state index in [9.17, 15) is 0 Å². The Bertz CT molecular complexity index is 35.4. The second-order valence-corrected chi connectivity index (χ2v) is 1.50. The van der Waals surface area contributed by atoms with Gasteiger partial charge in [0.1, 0.15) is 6.73 Å². The summed E-state index contributed by atoms with van der Waals surface area (Å²) in [5.41, 5.74) is 2.34. The van der Waals surface area contributed by atoms with Gasteiger partial charge < -0.3 is 5.11 Å². The van der Waals surface area contributed by atoms with Crippen LogP contribution in [0.25, 0.3) is 0 Å². The maximum atomic E-state index is 8.13. The van der Waals surface area contributed by atoms with E-state index in [2.05, 4.69) is 12.4 Å². The van der Waals surface area contributed by atoms with Crippen LogP contribution in [0.1, 0.15) is 19.8 Å². The maximum absolute atomic E-state index is 8.13. The van der Waals surface area contributed by atoms with E-state index in [1.165, 1.54) is 0 Å². The summed E-state index contributed by atoms with van der Waals surface area (Å²) in [6.45, 7) is 2.66. The van der Waals surface area contributed by atoms with Gasteiger partial charge in [-0.1, -0.05) is 13.3 Å². The highest BCUT2D eigenvalue weighted by molar-refractivity contribution is 4.26. The van der Waals surface area contributed by atoms with E-state index >= 15 is 0 Å². The molecular formula is C5H13NO2. The molecule has 0 aromatic carbocycles. The second-order valence-electron chi connectivity index (χ2n) is 1.50. The van der Waals surface area contributed by atoms with Crippen molar-refractivity contribution in [2.24, 2.45) is 0 Å². The Morgan fingerprint density at radius 1 is 1.62 bits per heavy atom. The fourth-order valence-corrected chi connectivity index (χ4v) is 0.334. The lowest BCUT2D eigenvalue weighted by atomic mass is 10.4. The number of hydrogen-bond acceptors (Lipinski definition) is 3. The Kier molecular flexibility index (Phi) is 6.78. The molecule has 0 spiro atoms. The molecule has 0 aliphatic heterocycles. The minimum Gasteiger partial charge on any atom is -0.379 e. The predicted octanol–water partition coefficient (Wildman–Crippen LogP) is 0.258. The zero-order valence-corrected chi connectivity index (χ0v) is 5.18. The molecule has 0 rings (SSSR count). The number of hydrogen-bond donors (Lipinski definition) is 2. The lowest BCUT2D eigenvalue weighted by Crippen LogP contribution is -2.15. The zero-order chi connectivity index (χ0) is 6.24. The molecule has 3 heteroatoms. The summed E-state index contributed by atoms with van der Waals surface area (Å²) in [6, 6.07) is 0. The first-order valence-corrected chi connectivity index (χ1v) is 2.87. The summed E-state index contributed by atoms with van der Waals surface area (Å²) in [5.74, 6) is 0. The third-order valence-electron chi connectivity index (χ3n) is 0.767. The Balaban J connectivity index is 2.53. The van der Waals surface area contributed by atoms with Gasteiger partial charge in [-0.2, -0.15) is 5.48 Å². The normalized spacial score (nSPS) is 9.75. The van der Waals surface area contributed by atoms with Crippen molar-refractivity contribution in [2.75, 3.05) is 13.3 Å². The summed E-state index contributed by atoms with van der Waals surface area (Å²) in [6.07, 6.45) is 2.15. The van der Waals surface area contributed by atoms with Crippen LogP contribution in [-0.2, 0) is 4.84 Å². The van der Waals surface area contributed by atoms with E-state index in [0.717, 1.165) is 12.8 Å². The fraction of sp³-hybridized carbons (Fsp3) is 1.00. The van der Waals surface area contributed by atoms with E-state index in [4.69, 9.17) is 9.94 Å². The number of nitrogens with one attached hydrogen (secondary N) is 1. The molecule has 0 saturated heterocycles. The highest BCUT2D eigenvalue weighted by Crippen LogP contribution is 1.83. The minimum absolute atomic E-state index is 0.107. The van der Waals surface area contributed by atoms with Crippen molar-refractivity contribution >= 4 is 0 Å². The summed E-state index contributed by atoms with van der Waals surface area (Å²) in [4.78, 5) is 4.72. The molecule has 8 heavy (non-hydrogen) atoms. The first-order chi connectivity index (χ1) is 3.91. The molecule has 0 aliphatic carbocycles. The van der Waals surface area contributed by atoms with Crippen LogP contribution < -0.4 is 5.48 Å². The molecule has 3 nitrogen and oxygen atoms in total. The Hall–Kier alpha value is -0.120. The minimum atomic E-state index is -0.107. The molecule has 0 bridgehead atoms. The monoisotopic (exact) mass is 119 g/mol. The van der Waals surface area contributed by atoms with Gasteiger partial charge in [0, 0.05) is 0 Å². The predicted molar refractivity (Wildman–Crippen MR) is 31.1 cm³/mol. The topological polar surface area (TPSA) is 41.5 Å². The van der Waals surface area contributed by atoms with E-state index in [0.29, 0.717) is 6.61 Å². The van der Waals surface area contributed by atoms with Gasteiger partial charge in [0.25, 0.3) is 0 Å². The molecule has 0 aromatic heterocycles. The van der Waals surface area contributed by atoms with Crippen molar-refractivity contribution < 1.29 is 9.94 Å². The fourth-order valence-electron chi connectivity index (χ4n) is 0.334. The third kappa shape index (κ3) is 5.88. The Morgan fingerprint density at radius 2 is 2.38 bits per heavy atom. The molecule has 0 heterocycles. The number of unbranched alkanes of at least 4 members (excludes halogenated alkanes) is 1. The maximum Gasteiger partial charge on any atom is 0.116 e. The first-order valence-electron chi connectivity index (χ1n) is 2.87. The molecule has 0 aliphatic rings. The highest BCUT2D eigenvalue weighted by atomic mass is 16.7. The molecule has 0 radical (unpaired) electrons. The van der Waals surface area contributed by atoms with E-state index < -0.39 is 0 Å². The van der Waals surface area contributed by atoms with Crippen LogP contribution in [0.5, 0.6) is 0 Å². The van der Waals surface area contributed by atoms with Crippen LogP contribution in [0.4, 0.5) is 0 Å². The van der Waals surface area contributed by atoms with Crippen molar-refractivity contribution in [3.8, 4) is 0 Å². The van der Waals surface area contributed by atoms with Crippen molar-refractivity contribution in [3.05, 3.63) is 0 Å². The SMILES string of the molecule is CCCCONCO. The average molecular weight is 119 g/mol. The van der Waals surface area contributed by atoms with Crippen molar-refractivity contribution in [1.29, 1.82) is 0 Å². The van der Waals surface area contributed by atoms with Gasteiger partial charge in [-0.15, -0.1) is 0 Å². The zero-order valence-electron chi connectivity index (χ0n) is 5.18. The number of aliphatic hydroxyl groups is 1.